The number of hydrogen-bond donors (Lipinski definition) is 1. The molecule has 1 aromatic rings. The minimum atomic E-state index is -0.204. The molecule has 1 aliphatic rings. The van der Waals surface area contributed by atoms with Crippen LogP contribution in [0.2, 0.25) is 0 Å². The lowest BCUT2D eigenvalue weighted by molar-refractivity contribution is 0.457. The highest BCUT2D eigenvalue weighted by atomic mass is 79.9. The fraction of sp³-hybridized carbons (Fsp3) is 0.600. The lowest BCUT2D eigenvalue weighted by atomic mass is 10.0. The summed E-state index contributed by atoms with van der Waals surface area (Å²) in [4.78, 5) is 0. The normalized spacial score (nSPS) is 22.8. The Balaban J connectivity index is 2.12. The zero-order valence-electron chi connectivity index (χ0n) is 11.6. The molecule has 3 heteroatoms. The van der Waals surface area contributed by atoms with Crippen LogP contribution in [0.1, 0.15) is 46.2 Å². The molecule has 100 valence electrons. The Hall–Kier alpha value is -0.410. The molecule has 0 radical (unpaired) electrons. The number of hydrogen-bond acceptors (Lipinski definition) is 1. The molecule has 0 saturated heterocycles. The third kappa shape index (κ3) is 2.12. The van der Waals surface area contributed by atoms with Gasteiger partial charge in [0.1, 0.15) is 5.82 Å². The molecule has 1 atom stereocenters. The predicted molar refractivity (Wildman–Crippen MR) is 77.0 cm³/mol. The topological polar surface area (TPSA) is 12.0 Å². The van der Waals surface area contributed by atoms with Crippen molar-refractivity contribution in [1.82, 2.24) is 5.32 Å². The maximum Gasteiger partial charge on any atom is 0.124 e. The summed E-state index contributed by atoms with van der Waals surface area (Å²) in [6.45, 7) is 11.3. The maximum absolute atomic E-state index is 13.1. The lowest BCUT2D eigenvalue weighted by Gasteiger charge is -2.17. The quantitative estimate of drug-likeness (QED) is 0.854. The van der Waals surface area contributed by atoms with E-state index in [1.165, 1.54) is 12.1 Å². The summed E-state index contributed by atoms with van der Waals surface area (Å²) in [5, 5.41) is 3.66. The second kappa shape index (κ2) is 4.31. The average molecular weight is 314 g/mol. The van der Waals surface area contributed by atoms with E-state index in [9.17, 15) is 4.39 Å². The first-order chi connectivity index (χ1) is 8.18. The van der Waals surface area contributed by atoms with Gasteiger partial charge in [0.05, 0.1) is 0 Å². The first-order valence-corrected chi connectivity index (χ1v) is 7.18. The summed E-state index contributed by atoms with van der Waals surface area (Å²) < 4.78 is 13.9. The van der Waals surface area contributed by atoms with Gasteiger partial charge in [0.2, 0.25) is 0 Å². The molecule has 0 aliphatic heterocycles. The standard InChI is InChI=1S/C15H21BrFN/c1-9(11-7-6-10(17)8-12(11)16)18-13-14(2,3)15(13,4)5/h6-9,13,18H,1-5H3. The maximum atomic E-state index is 13.1. The molecule has 0 spiro atoms. The van der Waals surface area contributed by atoms with E-state index >= 15 is 0 Å². The molecule has 1 nitrogen and oxygen atoms in total. The number of halogens is 2. The van der Waals surface area contributed by atoms with E-state index in [0.717, 1.165) is 10.0 Å². The number of nitrogens with one attached hydrogen (secondary N) is 1. The molecule has 1 fully saturated rings. The average Bonchev–Trinajstić information content (AvgIpc) is 2.60. The summed E-state index contributed by atoms with van der Waals surface area (Å²) in [5.41, 5.74) is 1.73. The van der Waals surface area contributed by atoms with Crippen molar-refractivity contribution in [2.24, 2.45) is 10.8 Å². The van der Waals surface area contributed by atoms with E-state index in [0.29, 0.717) is 16.9 Å². The van der Waals surface area contributed by atoms with Crippen LogP contribution in [-0.2, 0) is 0 Å². The molecule has 0 bridgehead atoms. The summed E-state index contributed by atoms with van der Waals surface area (Å²) >= 11 is 3.44. The van der Waals surface area contributed by atoms with Crippen molar-refractivity contribution in [1.29, 1.82) is 0 Å². The van der Waals surface area contributed by atoms with Gasteiger partial charge in [0.15, 0.2) is 0 Å². The van der Waals surface area contributed by atoms with E-state index in [4.69, 9.17) is 0 Å². The van der Waals surface area contributed by atoms with E-state index in [1.807, 2.05) is 6.07 Å². The van der Waals surface area contributed by atoms with Crippen LogP contribution in [-0.4, -0.2) is 6.04 Å². The van der Waals surface area contributed by atoms with Crippen molar-refractivity contribution in [2.45, 2.75) is 46.7 Å². The fourth-order valence-electron chi connectivity index (χ4n) is 2.81. The van der Waals surface area contributed by atoms with Crippen LogP contribution < -0.4 is 5.32 Å². The molecular weight excluding hydrogens is 293 g/mol. The molecule has 1 N–H and O–H groups in total. The number of rotatable bonds is 3. The molecule has 0 amide bonds. The van der Waals surface area contributed by atoms with Gasteiger partial charge in [-0.15, -0.1) is 0 Å². The Morgan fingerprint density at radius 3 is 2.22 bits per heavy atom. The Morgan fingerprint density at radius 2 is 1.78 bits per heavy atom. The highest BCUT2D eigenvalue weighted by Gasteiger charge is 2.64. The zero-order chi connectivity index (χ0) is 13.7. The van der Waals surface area contributed by atoms with Crippen LogP contribution in [0, 0.1) is 16.6 Å². The van der Waals surface area contributed by atoms with Gasteiger partial charge in [0, 0.05) is 16.6 Å². The highest BCUT2D eigenvalue weighted by molar-refractivity contribution is 9.10. The van der Waals surface area contributed by atoms with Gasteiger partial charge in [-0.25, -0.2) is 4.39 Å². The number of benzene rings is 1. The highest BCUT2D eigenvalue weighted by Crippen LogP contribution is 2.63. The molecule has 18 heavy (non-hydrogen) atoms. The van der Waals surface area contributed by atoms with Gasteiger partial charge in [0.25, 0.3) is 0 Å². The summed E-state index contributed by atoms with van der Waals surface area (Å²) in [7, 11) is 0. The Kier molecular flexibility index (Phi) is 3.35. The second-order valence-corrected chi connectivity index (χ2v) is 7.28. The van der Waals surface area contributed by atoms with Crippen LogP contribution in [0.4, 0.5) is 4.39 Å². The van der Waals surface area contributed by atoms with Crippen LogP contribution in [0.25, 0.3) is 0 Å². The van der Waals surface area contributed by atoms with Crippen molar-refractivity contribution in [3.05, 3.63) is 34.1 Å². The van der Waals surface area contributed by atoms with E-state index in [2.05, 4.69) is 55.9 Å². The third-order valence-electron chi connectivity index (χ3n) is 4.87. The van der Waals surface area contributed by atoms with Crippen molar-refractivity contribution in [2.75, 3.05) is 0 Å². The third-order valence-corrected chi connectivity index (χ3v) is 5.55. The molecule has 1 aliphatic carbocycles. The van der Waals surface area contributed by atoms with E-state index < -0.39 is 0 Å². The van der Waals surface area contributed by atoms with Gasteiger partial charge in [-0.3, -0.25) is 0 Å². The lowest BCUT2D eigenvalue weighted by Crippen LogP contribution is -2.26. The predicted octanol–water partition coefficient (Wildman–Crippen LogP) is 4.67. The monoisotopic (exact) mass is 313 g/mol. The van der Waals surface area contributed by atoms with Crippen molar-refractivity contribution < 1.29 is 4.39 Å². The van der Waals surface area contributed by atoms with Gasteiger partial charge in [-0.1, -0.05) is 49.7 Å². The first-order valence-electron chi connectivity index (χ1n) is 6.39. The van der Waals surface area contributed by atoms with E-state index in [-0.39, 0.29) is 11.9 Å². The smallest absolute Gasteiger partial charge is 0.124 e. The van der Waals surface area contributed by atoms with Gasteiger partial charge in [-0.2, -0.15) is 0 Å². The van der Waals surface area contributed by atoms with Gasteiger partial charge < -0.3 is 5.32 Å². The molecule has 0 heterocycles. The van der Waals surface area contributed by atoms with Crippen molar-refractivity contribution in [3.63, 3.8) is 0 Å². The minimum absolute atomic E-state index is 0.204. The van der Waals surface area contributed by atoms with Crippen molar-refractivity contribution in [3.8, 4) is 0 Å². The second-order valence-electron chi connectivity index (χ2n) is 6.43. The minimum Gasteiger partial charge on any atom is -0.306 e. The van der Waals surface area contributed by atoms with Gasteiger partial charge >= 0.3 is 0 Å². The summed E-state index contributed by atoms with van der Waals surface area (Å²) in [6.07, 6.45) is 0. The van der Waals surface area contributed by atoms with Crippen LogP contribution in [0.15, 0.2) is 22.7 Å². The van der Waals surface area contributed by atoms with Crippen LogP contribution in [0.5, 0.6) is 0 Å². The van der Waals surface area contributed by atoms with Crippen molar-refractivity contribution >= 4 is 15.9 Å². The van der Waals surface area contributed by atoms with Crippen LogP contribution in [0.3, 0.4) is 0 Å². The Bertz CT molecular complexity index is 454. The zero-order valence-corrected chi connectivity index (χ0v) is 13.2. The van der Waals surface area contributed by atoms with E-state index in [1.54, 1.807) is 0 Å². The summed E-state index contributed by atoms with van der Waals surface area (Å²) in [5.74, 6) is -0.204. The molecule has 1 aromatic carbocycles. The molecule has 2 rings (SSSR count). The summed E-state index contributed by atoms with van der Waals surface area (Å²) in [6, 6.07) is 5.60. The molecule has 0 aromatic heterocycles. The largest absolute Gasteiger partial charge is 0.306 e. The Labute approximate surface area is 117 Å². The molecule has 1 unspecified atom stereocenters. The van der Waals surface area contributed by atoms with Gasteiger partial charge in [-0.05, 0) is 35.4 Å². The fourth-order valence-corrected chi connectivity index (χ4v) is 3.50. The first kappa shape index (κ1) is 14.0. The SMILES string of the molecule is CC(NC1C(C)(C)C1(C)C)c1ccc(F)cc1Br. The Morgan fingerprint density at radius 1 is 1.22 bits per heavy atom. The molecular formula is C15H21BrFN. The molecule has 1 saturated carbocycles. The van der Waals surface area contributed by atoms with Crippen LogP contribution >= 0.6 is 15.9 Å².